The molecule has 2 aromatic carbocycles. The Balaban J connectivity index is 1.25. The molecule has 5 heterocycles. The van der Waals surface area contributed by atoms with E-state index in [2.05, 4.69) is 52.4 Å². The molecule has 0 radical (unpaired) electrons. The standard InChI is InChI=1S/C35H28N4O3/c1-40-34-14-3-22(15-35(34)41-2)21-42-31-12-4-23(5-13-31)32-19-30-18-28-9-8-26(37-28)16-24-6-7-25(36-24)17-27-10-11-29(38-27)20-33(32)39-30/h3-20,37,39H,21H2,1-2H3. The third kappa shape index (κ3) is 5.28. The van der Waals surface area contributed by atoms with Crippen molar-refractivity contribution in [2.75, 3.05) is 14.2 Å². The van der Waals surface area contributed by atoms with E-state index in [1.807, 2.05) is 66.8 Å². The number of rotatable bonds is 6. The van der Waals surface area contributed by atoms with Crippen LogP contribution in [0.15, 0.2) is 84.9 Å². The lowest BCUT2D eigenvalue weighted by Crippen LogP contribution is -1.97. The molecule has 0 atom stereocenters. The highest BCUT2D eigenvalue weighted by Gasteiger charge is 2.09. The largest absolute Gasteiger partial charge is 0.493 e. The van der Waals surface area contributed by atoms with Gasteiger partial charge in [-0.25, -0.2) is 9.97 Å². The van der Waals surface area contributed by atoms with Gasteiger partial charge in [-0.15, -0.1) is 0 Å². The van der Waals surface area contributed by atoms with Gasteiger partial charge in [0.05, 0.1) is 37.0 Å². The molecule has 0 unspecified atom stereocenters. The quantitative estimate of drug-likeness (QED) is 0.219. The minimum absolute atomic E-state index is 0.418. The summed E-state index contributed by atoms with van der Waals surface area (Å²) in [5, 5.41) is 0. The zero-order valence-electron chi connectivity index (χ0n) is 23.2. The molecule has 7 rings (SSSR count). The van der Waals surface area contributed by atoms with E-state index in [9.17, 15) is 0 Å². The van der Waals surface area contributed by atoms with Gasteiger partial charge in [-0.05, 0) is 102 Å². The summed E-state index contributed by atoms with van der Waals surface area (Å²) in [4.78, 5) is 16.6. The molecule has 0 amide bonds. The van der Waals surface area contributed by atoms with E-state index in [0.29, 0.717) is 18.1 Å². The summed E-state index contributed by atoms with van der Waals surface area (Å²) >= 11 is 0. The van der Waals surface area contributed by atoms with Crippen LogP contribution in [0.25, 0.3) is 57.5 Å². The molecular formula is C35H28N4O3. The van der Waals surface area contributed by atoms with Crippen LogP contribution in [0.5, 0.6) is 17.2 Å². The predicted octanol–water partition coefficient (Wildman–Crippen LogP) is 7.92. The lowest BCUT2D eigenvalue weighted by Gasteiger charge is -2.11. The molecule has 0 aliphatic carbocycles. The molecule has 8 bridgehead atoms. The lowest BCUT2D eigenvalue weighted by atomic mass is 10.1. The molecule has 42 heavy (non-hydrogen) atoms. The number of H-pyrrole nitrogens is 2. The molecule has 3 aromatic heterocycles. The van der Waals surface area contributed by atoms with Crippen molar-refractivity contribution >= 4 is 46.4 Å². The molecule has 206 valence electrons. The van der Waals surface area contributed by atoms with Crippen molar-refractivity contribution in [1.29, 1.82) is 0 Å². The third-order valence-corrected chi connectivity index (χ3v) is 7.19. The van der Waals surface area contributed by atoms with Gasteiger partial charge in [0.2, 0.25) is 0 Å². The molecule has 2 N–H and O–H groups in total. The maximum atomic E-state index is 6.08. The summed E-state index contributed by atoms with van der Waals surface area (Å²) in [7, 11) is 3.26. The van der Waals surface area contributed by atoms with E-state index in [-0.39, 0.29) is 0 Å². The van der Waals surface area contributed by atoms with Crippen LogP contribution >= 0.6 is 0 Å². The topological polar surface area (TPSA) is 85.0 Å². The first-order valence-corrected chi connectivity index (χ1v) is 13.6. The van der Waals surface area contributed by atoms with Crippen LogP contribution in [0, 0.1) is 0 Å². The molecular weight excluding hydrogens is 524 g/mol. The van der Waals surface area contributed by atoms with Gasteiger partial charge in [0, 0.05) is 27.6 Å². The normalized spacial score (nSPS) is 12.0. The van der Waals surface area contributed by atoms with Gasteiger partial charge in [-0.3, -0.25) is 0 Å². The van der Waals surface area contributed by atoms with Crippen molar-refractivity contribution in [3.8, 4) is 28.4 Å². The van der Waals surface area contributed by atoms with E-state index in [0.717, 1.165) is 67.3 Å². The number of nitrogens with zero attached hydrogens (tertiary/aromatic N) is 2. The number of aromatic nitrogens is 4. The van der Waals surface area contributed by atoms with Crippen molar-refractivity contribution in [1.82, 2.24) is 19.9 Å². The summed E-state index contributed by atoms with van der Waals surface area (Å²) in [6.45, 7) is 0.418. The fourth-order valence-corrected chi connectivity index (χ4v) is 5.12. The second-order valence-corrected chi connectivity index (χ2v) is 10.1. The average Bonchev–Trinajstić information content (AvgIpc) is 3.82. The van der Waals surface area contributed by atoms with Gasteiger partial charge in [-0.1, -0.05) is 18.2 Å². The Morgan fingerprint density at radius 1 is 0.571 bits per heavy atom. The smallest absolute Gasteiger partial charge is 0.161 e. The number of hydrogen-bond donors (Lipinski definition) is 2. The molecule has 0 saturated heterocycles. The number of benzene rings is 2. The highest BCUT2D eigenvalue weighted by atomic mass is 16.5. The molecule has 2 aliphatic heterocycles. The summed E-state index contributed by atoms with van der Waals surface area (Å²) in [6, 6.07) is 28.4. The first-order chi connectivity index (χ1) is 20.6. The van der Waals surface area contributed by atoms with Gasteiger partial charge in [-0.2, -0.15) is 0 Å². The maximum absolute atomic E-state index is 6.08. The zero-order valence-corrected chi connectivity index (χ0v) is 23.2. The van der Waals surface area contributed by atoms with E-state index in [1.54, 1.807) is 14.2 Å². The lowest BCUT2D eigenvalue weighted by molar-refractivity contribution is 0.304. The van der Waals surface area contributed by atoms with Crippen LogP contribution in [0.4, 0.5) is 0 Å². The number of aromatic amines is 2. The molecule has 0 spiro atoms. The summed E-state index contributed by atoms with van der Waals surface area (Å²) in [5.41, 5.74) is 10.6. The van der Waals surface area contributed by atoms with Crippen LogP contribution in [0.3, 0.4) is 0 Å². The van der Waals surface area contributed by atoms with Crippen molar-refractivity contribution < 1.29 is 14.2 Å². The summed E-state index contributed by atoms with van der Waals surface area (Å²) in [5.74, 6) is 2.16. The minimum atomic E-state index is 0.418. The summed E-state index contributed by atoms with van der Waals surface area (Å²) < 4.78 is 16.8. The van der Waals surface area contributed by atoms with Crippen molar-refractivity contribution in [3.05, 3.63) is 113 Å². The van der Waals surface area contributed by atoms with Crippen LogP contribution in [0.2, 0.25) is 0 Å². The van der Waals surface area contributed by atoms with Gasteiger partial charge in [0.15, 0.2) is 11.5 Å². The van der Waals surface area contributed by atoms with Gasteiger partial charge < -0.3 is 24.2 Å². The van der Waals surface area contributed by atoms with Gasteiger partial charge >= 0.3 is 0 Å². The second kappa shape index (κ2) is 10.8. The fraction of sp³-hybridized carbons (Fsp3) is 0.0857. The van der Waals surface area contributed by atoms with E-state index in [4.69, 9.17) is 24.2 Å². The maximum Gasteiger partial charge on any atom is 0.161 e. The molecule has 0 saturated carbocycles. The summed E-state index contributed by atoms with van der Waals surface area (Å²) in [6.07, 6.45) is 8.06. The van der Waals surface area contributed by atoms with Crippen LogP contribution < -0.4 is 14.2 Å². The highest BCUT2D eigenvalue weighted by molar-refractivity contribution is 5.88. The molecule has 7 nitrogen and oxygen atoms in total. The Kier molecular flexibility index (Phi) is 6.52. The Bertz CT molecular complexity index is 2020. The third-order valence-electron chi connectivity index (χ3n) is 7.19. The van der Waals surface area contributed by atoms with Gasteiger partial charge in [0.1, 0.15) is 12.4 Å². The van der Waals surface area contributed by atoms with Crippen molar-refractivity contribution in [2.45, 2.75) is 6.61 Å². The Morgan fingerprint density at radius 3 is 1.95 bits per heavy atom. The number of ether oxygens (including phenoxy) is 3. The van der Waals surface area contributed by atoms with Crippen molar-refractivity contribution in [2.24, 2.45) is 0 Å². The Labute approximate surface area is 242 Å². The number of fused-ring (bicyclic) bond motifs is 8. The number of hydrogen-bond acceptors (Lipinski definition) is 5. The molecule has 7 heteroatoms. The average molecular weight is 553 g/mol. The highest BCUT2D eigenvalue weighted by Crippen LogP contribution is 2.31. The fourth-order valence-electron chi connectivity index (χ4n) is 5.12. The molecule has 2 aliphatic rings. The van der Waals surface area contributed by atoms with Crippen LogP contribution in [-0.2, 0) is 6.61 Å². The first-order valence-electron chi connectivity index (χ1n) is 13.6. The van der Waals surface area contributed by atoms with Gasteiger partial charge in [0.25, 0.3) is 0 Å². The minimum Gasteiger partial charge on any atom is -0.493 e. The van der Waals surface area contributed by atoms with Crippen LogP contribution in [-0.4, -0.2) is 34.2 Å². The van der Waals surface area contributed by atoms with E-state index >= 15 is 0 Å². The molecule has 5 aromatic rings. The Hall–Kier alpha value is -5.56. The zero-order chi connectivity index (χ0) is 28.5. The monoisotopic (exact) mass is 552 g/mol. The molecule has 0 fully saturated rings. The first kappa shape index (κ1) is 25.4. The Morgan fingerprint density at radius 2 is 1.24 bits per heavy atom. The van der Waals surface area contributed by atoms with E-state index < -0.39 is 0 Å². The number of nitrogens with one attached hydrogen (secondary N) is 2. The van der Waals surface area contributed by atoms with Crippen LogP contribution in [0.1, 0.15) is 28.3 Å². The number of methoxy groups -OCH3 is 2. The predicted molar refractivity (Wildman–Crippen MR) is 168 cm³/mol. The SMILES string of the molecule is COc1ccc(COc2ccc(-c3cc4cc5ccc(cc6nc(cc7nc(cc3[nH]4)C=C7)C=C6)[nH]5)cc2)cc1OC. The van der Waals surface area contributed by atoms with E-state index in [1.165, 1.54) is 0 Å². The van der Waals surface area contributed by atoms with Crippen molar-refractivity contribution in [3.63, 3.8) is 0 Å². The second-order valence-electron chi connectivity index (χ2n) is 10.1.